The third kappa shape index (κ3) is 2.10. The molecule has 3 heteroatoms. The Hall–Kier alpha value is -0.730. The summed E-state index contributed by atoms with van der Waals surface area (Å²) in [4.78, 5) is 12.1. The van der Waals surface area contributed by atoms with Gasteiger partial charge in [-0.3, -0.25) is 0 Å². The minimum Gasteiger partial charge on any atom is -0.465 e. The molecular formula is C8H15NO2. The Morgan fingerprint density at radius 1 is 1.73 bits per heavy atom. The predicted molar refractivity (Wildman–Crippen MR) is 42.6 cm³/mol. The van der Waals surface area contributed by atoms with E-state index in [0.717, 1.165) is 25.9 Å². The van der Waals surface area contributed by atoms with E-state index in [1.807, 2.05) is 0 Å². The van der Waals surface area contributed by atoms with Crippen molar-refractivity contribution in [1.82, 2.24) is 4.90 Å². The standard InChI is InChI=1S/C8H15NO2/c1-2-7-4-3-5-9(6-7)8(10)11/h7H,2-6H2,1H3,(H,10,11)/t7-/m1/s1. The predicted octanol–water partition coefficient (Wildman–Crippen LogP) is 1.79. The van der Waals surface area contributed by atoms with Gasteiger partial charge in [0, 0.05) is 13.1 Å². The van der Waals surface area contributed by atoms with Crippen LogP contribution in [0, 0.1) is 5.92 Å². The highest BCUT2D eigenvalue weighted by Crippen LogP contribution is 2.18. The Balaban J connectivity index is 2.39. The number of nitrogens with zero attached hydrogens (tertiary/aromatic N) is 1. The molecule has 1 fully saturated rings. The largest absolute Gasteiger partial charge is 0.465 e. The first-order valence-electron chi connectivity index (χ1n) is 4.22. The molecule has 1 N–H and O–H groups in total. The van der Waals surface area contributed by atoms with Gasteiger partial charge in [-0.2, -0.15) is 0 Å². The van der Waals surface area contributed by atoms with Gasteiger partial charge in [0.05, 0.1) is 0 Å². The lowest BCUT2D eigenvalue weighted by atomic mass is 9.96. The van der Waals surface area contributed by atoms with E-state index in [9.17, 15) is 4.79 Å². The molecule has 1 amide bonds. The van der Waals surface area contributed by atoms with Gasteiger partial charge in [-0.15, -0.1) is 0 Å². The maximum absolute atomic E-state index is 10.5. The van der Waals surface area contributed by atoms with Gasteiger partial charge in [0.2, 0.25) is 0 Å². The molecule has 0 aromatic heterocycles. The molecule has 1 heterocycles. The van der Waals surface area contributed by atoms with E-state index in [4.69, 9.17) is 5.11 Å². The van der Waals surface area contributed by atoms with Crippen LogP contribution in [0.4, 0.5) is 4.79 Å². The molecule has 0 aliphatic carbocycles. The van der Waals surface area contributed by atoms with E-state index in [0.29, 0.717) is 5.92 Å². The zero-order chi connectivity index (χ0) is 8.27. The van der Waals surface area contributed by atoms with Crippen LogP contribution in [0.5, 0.6) is 0 Å². The highest BCUT2D eigenvalue weighted by atomic mass is 16.4. The summed E-state index contributed by atoms with van der Waals surface area (Å²) < 4.78 is 0. The van der Waals surface area contributed by atoms with Crippen LogP contribution >= 0.6 is 0 Å². The fraction of sp³-hybridized carbons (Fsp3) is 0.875. The van der Waals surface area contributed by atoms with Gasteiger partial charge in [-0.1, -0.05) is 13.3 Å². The normalized spacial score (nSPS) is 25.2. The fourth-order valence-electron chi connectivity index (χ4n) is 1.57. The Labute approximate surface area is 67.0 Å². The lowest BCUT2D eigenvalue weighted by molar-refractivity contribution is 0.119. The number of hydrogen-bond donors (Lipinski definition) is 1. The first kappa shape index (κ1) is 8.37. The van der Waals surface area contributed by atoms with Crippen LogP contribution < -0.4 is 0 Å². The number of rotatable bonds is 1. The molecule has 0 radical (unpaired) electrons. The molecule has 1 atom stereocenters. The number of hydrogen-bond acceptors (Lipinski definition) is 1. The fourth-order valence-corrected chi connectivity index (χ4v) is 1.57. The van der Waals surface area contributed by atoms with Crippen molar-refractivity contribution in [3.05, 3.63) is 0 Å². The molecule has 1 aliphatic heterocycles. The van der Waals surface area contributed by atoms with Gasteiger partial charge in [0.25, 0.3) is 0 Å². The van der Waals surface area contributed by atoms with Gasteiger partial charge < -0.3 is 10.0 Å². The second kappa shape index (κ2) is 3.60. The topological polar surface area (TPSA) is 40.5 Å². The lowest BCUT2D eigenvalue weighted by Crippen LogP contribution is -2.38. The molecule has 1 saturated heterocycles. The molecule has 0 aromatic rings. The van der Waals surface area contributed by atoms with Crippen molar-refractivity contribution in [2.45, 2.75) is 26.2 Å². The maximum atomic E-state index is 10.5. The average Bonchev–Trinajstić information content (AvgIpc) is 2.05. The molecule has 3 nitrogen and oxygen atoms in total. The van der Waals surface area contributed by atoms with Crippen LogP contribution in [0.3, 0.4) is 0 Å². The van der Waals surface area contributed by atoms with E-state index in [2.05, 4.69) is 6.92 Å². The first-order valence-corrected chi connectivity index (χ1v) is 4.22. The average molecular weight is 157 g/mol. The smallest absolute Gasteiger partial charge is 0.407 e. The zero-order valence-electron chi connectivity index (χ0n) is 6.92. The summed E-state index contributed by atoms with van der Waals surface area (Å²) in [6.45, 7) is 3.59. The first-order chi connectivity index (χ1) is 5.24. The third-order valence-electron chi connectivity index (χ3n) is 2.37. The highest BCUT2D eigenvalue weighted by Gasteiger charge is 2.21. The summed E-state index contributed by atoms with van der Waals surface area (Å²) in [5, 5.41) is 8.68. The van der Waals surface area contributed by atoms with E-state index in [1.54, 1.807) is 0 Å². The number of amides is 1. The monoisotopic (exact) mass is 157 g/mol. The Morgan fingerprint density at radius 3 is 3.00 bits per heavy atom. The summed E-state index contributed by atoms with van der Waals surface area (Å²) in [7, 11) is 0. The summed E-state index contributed by atoms with van der Waals surface area (Å²) in [6.07, 6.45) is 2.57. The van der Waals surface area contributed by atoms with Gasteiger partial charge in [-0.25, -0.2) is 4.79 Å². The van der Waals surface area contributed by atoms with Gasteiger partial charge in [-0.05, 0) is 18.8 Å². The summed E-state index contributed by atoms with van der Waals surface area (Å²) in [6, 6.07) is 0. The number of piperidine rings is 1. The lowest BCUT2D eigenvalue weighted by Gasteiger charge is -2.29. The maximum Gasteiger partial charge on any atom is 0.407 e. The quantitative estimate of drug-likeness (QED) is 0.630. The van der Waals surface area contributed by atoms with Crippen LogP contribution in [0.15, 0.2) is 0 Å². The van der Waals surface area contributed by atoms with Gasteiger partial charge >= 0.3 is 6.09 Å². The minimum atomic E-state index is -0.761. The molecule has 0 aromatic carbocycles. The van der Waals surface area contributed by atoms with Crippen LogP contribution in [-0.2, 0) is 0 Å². The molecule has 1 rings (SSSR count). The summed E-state index contributed by atoms with van der Waals surface area (Å²) in [5.41, 5.74) is 0. The van der Waals surface area contributed by atoms with Crippen molar-refractivity contribution in [3.8, 4) is 0 Å². The second-order valence-electron chi connectivity index (χ2n) is 3.15. The van der Waals surface area contributed by atoms with Crippen molar-refractivity contribution in [1.29, 1.82) is 0 Å². The summed E-state index contributed by atoms with van der Waals surface area (Å²) >= 11 is 0. The molecule has 11 heavy (non-hydrogen) atoms. The molecule has 1 aliphatic rings. The number of carboxylic acid groups (broad SMARTS) is 1. The van der Waals surface area contributed by atoms with Crippen LogP contribution in [0.1, 0.15) is 26.2 Å². The number of likely N-dealkylation sites (tertiary alicyclic amines) is 1. The van der Waals surface area contributed by atoms with Crippen LogP contribution in [-0.4, -0.2) is 29.2 Å². The zero-order valence-corrected chi connectivity index (χ0v) is 6.92. The van der Waals surface area contributed by atoms with Crippen molar-refractivity contribution < 1.29 is 9.90 Å². The summed E-state index contributed by atoms with van der Waals surface area (Å²) in [5.74, 6) is 0.597. The molecule has 0 spiro atoms. The van der Waals surface area contributed by atoms with Crippen molar-refractivity contribution in [2.24, 2.45) is 5.92 Å². The van der Waals surface area contributed by atoms with E-state index in [1.165, 1.54) is 11.3 Å². The van der Waals surface area contributed by atoms with E-state index < -0.39 is 6.09 Å². The van der Waals surface area contributed by atoms with E-state index in [-0.39, 0.29) is 0 Å². The van der Waals surface area contributed by atoms with Gasteiger partial charge in [0.1, 0.15) is 0 Å². The minimum absolute atomic E-state index is 0.597. The van der Waals surface area contributed by atoms with Crippen LogP contribution in [0.25, 0.3) is 0 Å². The molecular weight excluding hydrogens is 142 g/mol. The number of carbonyl (C=O) groups is 1. The van der Waals surface area contributed by atoms with Gasteiger partial charge in [0.15, 0.2) is 0 Å². The second-order valence-corrected chi connectivity index (χ2v) is 3.15. The van der Waals surface area contributed by atoms with Crippen molar-refractivity contribution in [3.63, 3.8) is 0 Å². The van der Waals surface area contributed by atoms with Crippen LogP contribution in [0.2, 0.25) is 0 Å². The van der Waals surface area contributed by atoms with E-state index >= 15 is 0 Å². The third-order valence-corrected chi connectivity index (χ3v) is 2.37. The SMILES string of the molecule is CC[C@@H]1CCCN(C(=O)O)C1. The molecule has 64 valence electrons. The van der Waals surface area contributed by atoms with Crippen molar-refractivity contribution in [2.75, 3.05) is 13.1 Å². The molecule has 0 bridgehead atoms. The highest BCUT2D eigenvalue weighted by molar-refractivity contribution is 5.65. The van der Waals surface area contributed by atoms with Crippen molar-refractivity contribution >= 4 is 6.09 Å². The molecule has 0 saturated carbocycles. The molecule has 0 unspecified atom stereocenters. The Bertz CT molecular complexity index is 147. The Kier molecular flexibility index (Phi) is 2.74. The Morgan fingerprint density at radius 2 is 2.45 bits per heavy atom.